The first kappa shape index (κ1) is 105. The van der Waals surface area contributed by atoms with Gasteiger partial charge in [0.15, 0.2) is 0 Å². The second kappa shape index (κ2) is 67.7. The molecule has 0 aliphatic heterocycles. The molecule has 0 saturated heterocycles. The van der Waals surface area contributed by atoms with Crippen molar-refractivity contribution in [2.75, 3.05) is 78.5 Å². The van der Waals surface area contributed by atoms with Crippen LogP contribution in [0.2, 0.25) is 0 Å². The molecule has 0 aliphatic rings. The molecule has 652 valence electrons. The smallest absolute Gasteiger partial charge is 0.246 e. The minimum atomic E-state index is -1.33. The van der Waals surface area contributed by atoms with E-state index in [0.29, 0.717) is 192 Å². The van der Waals surface area contributed by atoms with Crippen molar-refractivity contribution < 1.29 is 62.3 Å². The molecule has 0 aromatic carbocycles. The molecule has 36 N–H and O–H groups in total. The number of hydrogen-bond donors (Lipinski definition) is 24. The van der Waals surface area contributed by atoms with Crippen LogP contribution in [0.25, 0.3) is 0 Å². The van der Waals surface area contributed by atoms with Crippen LogP contribution >= 0.6 is 0 Å². The molecule has 0 aromatic rings. The van der Waals surface area contributed by atoms with E-state index in [1.54, 1.807) is 6.92 Å². The van der Waals surface area contributed by atoms with Crippen LogP contribution in [0.15, 0.2) is 12.2 Å². The van der Waals surface area contributed by atoms with E-state index in [1.807, 2.05) is 0 Å². The van der Waals surface area contributed by atoms with Gasteiger partial charge in [0, 0.05) is 18.5 Å². The van der Waals surface area contributed by atoms with Gasteiger partial charge in [-0.1, -0.05) is 13.0 Å². The highest BCUT2D eigenvalue weighted by Crippen LogP contribution is 2.16. The van der Waals surface area contributed by atoms with Crippen molar-refractivity contribution >= 4 is 76.8 Å². The molecule has 0 bridgehead atoms. The van der Waals surface area contributed by atoms with Gasteiger partial charge in [-0.05, 0) is 304 Å². The molecule has 0 aromatic heterocycles. The lowest BCUT2D eigenvalue weighted by Crippen LogP contribution is -2.60. The van der Waals surface area contributed by atoms with Gasteiger partial charge in [-0.3, -0.25) is 62.3 Å². The second-order valence-corrected chi connectivity index (χ2v) is 29.1. The first-order valence-corrected chi connectivity index (χ1v) is 41.6. The summed E-state index contributed by atoms with van der Waals surface area (Å²) < 4.78 is 0. The fourth-order valence-corrected chi connectivity index (χ4v) is 12.3. The van der Waals surface area contributed by atoms with Crippen molar-refractivity contribution in [2.24, 2.45) is 68.8 Å². The molecular weight excluding hydrogens is 1460 g/mol. The van der Waals surface area contributed by atoms with Gasteiger partial charge in [-0.15, -0.1) is 0 Å². The number of hydrogen-bond acceptors (Lipinski definition) is 24. The lowest BCUT2D eigenvalue weighted by atomic mass is 10.0. The summed E-state index contributed by atoms with van der Waals surface area (Å²) in [5.41, 5.74) is 70.5. The number of amides is 13. The topological polar surface area (TPSA) is 679 Å². The van der Waals surface area contributed by atoms with Gasteiger partial charge in [-0.25, -0.2) is 0 Å². The zero-order chi connectivity index (χ0) is 84.6. The van der Waals surface area contributed by atoms with Gasteiger partial charge < -0.3 is 133 Å². The second-order valence-electron chi connectivity index (χ2n) is 29.1. The van der Waals surface area contributed by atoms with E-state index in [0.717, 1.165) is 0 Å². The molecule has 0 heterocycles. The van der Waals surface area contributed by atoms with E-state index in [2.05, 4.69) is 70.4 Å². The first-order valence-electron chi connectivity index (χ1n) is 41.6. The molecule has 13 amide bonds. The minimum absolute atomic E-state index is 0.0173. The van der Waals surface area contributed by atoms with Crippen molar-refractivity contribution in [2.45, 2.75) is 311 Å². The predicted molar refractivity (Wildman–Crippen MR) is 439 cm³/mol. The molecule has 0 fully saturated rings. The van der Waals surface area contributed by atoms with Gasteiger partial charge >= 0.3 is 0 Å². The van der Waals surface area contributed by atoms with Crippen LogP contribution in [-0.4, -0.2) is 222 Å². The number of nitrogens with two attached hydrogens (primary N) is 12. The maximum atomic E-state index is 14.8. The number of primary amides is 1. The minimum Gasteiger partial charge on any atom is -0.368 e. The van der Waals surface area contributed by atoms with Crippen LogP contribution in [0.4, 0.5) is 0 Å². The van der Waals surface area contributed by atoms with Crippen LogP contribution in [-0.2, 0) is 62.3 Å². The maximum absolute atomic E-state index is 14.8. The Morgan fingerprint density at radius 1 is 0.230 bits per heavy atom. The van der Waals surface area contributed by atoms with E-state index >= 15 is 0 Å². The molecule has 0 spiro atoms. The Morgan fingerprint density at radius 2 is 0.398 bits per heavy atom. The van der Waals surface area contributed by atoms with Crippen molar-refractivity contribution in [3.05, 3.63) is 12.2 Å². The standard InChI is InChI=1S/C76H150N24O13/c1-52(2)66(103)89-51-27-3-4-39-64(101)90-54(29-6-17-41-78)67(104)92-56(31-8-19-43-80)69(106)94-58(33-10-21-45-82)71(108)96-60(35-12-23-47-84)73(110)98-62(37-14-25-49-86)75(112)100-63(38-15-26-50-87)76(113)99-61(36-13-24-48-85)74(111)97-59(34-11-22-46-83)72(109)95-57(32-9-20-44-81)70(107)93-55(30-7-18-42-79)68(105)91-53(65(88)102)28-5-16-40-77/h53-63H,1,3-51,77-87H2,2H3,(H2,88,102)(H,89,103)(H,90,101)(H,91,105)(H,92,104)(H,93,107)(H,94,106)(H,95,109)(H,96,108)(H,97,111)(H,98,110)(H,99,113)(H,100,112)/t53-,54-,55-,56-,57-,58-,59-,60-,61-,62-,63-/m0/s1. The van der Waals surface area contributed by atoms with Crippen LogP contribution < -0.4 is 133 Å². The Morgan fingerprint density at radius 3 is 0.566 bits per heavy atom. The molecule has 0 saturated carbocycles. The van der Waals surface area contributed by atoms with Crippen LogP contribution in [0.5, 0.6) is 0 Å². The van der Waals surface area contributed by atoms with E-state index in [9.17, 15) is 62.3 Å². The summed E-state index contributed by atoms with van der Waals surface area (Å²) in [5.74, 6) is -8.78. The highest BCUT2D eigenvalue weighted by atomic mass is 16.2. The third-order valence-corrected chi connectivity index (χ3v) is 19.2. The SMILES string of the molecule is C=C(C)C(=O)NCCCCCC(=O)N[C@@H](CCCCN)C(=O)N[C@@H](CCCCN)C(=O)N[C@@H](CCCCN)C(=O)N[C@@H](CCCCN)C(=O)N[C@@H](CCCCN)C(=O)N[C@@H](CCCCN)C(=O)N[C@@H](CCCCN)C(=O)N[C@@H](CCCCN)C(=O)N[C@@H](CCCCN)C(=O)N[C@@H](CCCCN)C(=O)N[C@@H](CCCCN)C(N)=O. The fourth-order valence-electron chi connectivity index (χ4n) is 12.3. The summed E-state index contributed by atoms with van der Waals surface area (Å²) in [6, 6.07) is -13.6. The number of rotatable bonds is 73. The average molecular weight is 1610 g/mol. The molecule has 0 unspecified atom stereocenters. The summed E-state index contributed by atoms with van der Waals surface area (Å²) >= 11 is 0. The number of carbonyl (C=O) groups excluding carboxylic acids is 13. The van der Waals surface area contributed by atoms with Gasteiger partial charge in [-0.2, -0.15) is 0 Å². The number of nitrogens with one attached hydrogen (secondary N) is 12. The third kappa shape index (κ3) is 49.7. The van der Waals surface area contributed by atoms with Crippen molar-refractivity contribution in [3.63, 3.8) is 0 Å². The quantitative estimate of drug-likeness (QED) is 0.0207. The summed E-state index contributed by atoms with van der Waals surface area (Å²) in [6.07, 6.45) is 12.2. The largest absolute Gasteiger partial charge is 0.368 e. The Labute approximate surface area is 670 Å². The van der Waals surface area contributed by atoms with E-state index in [4.69, 9.17) is 68.8 Å². The van der Waals surface area contributed by atoms with Gasteiger partial charge in [0.2, 0.25) is 76.8 Å². The summed E-state index contributed by atoms with van der Waals surface area (Å²) in [5, 5.41) is 33.5. The average Bonchev–Trinajstić information content (AvgIpc) is 0.854. The van der Waals surface area contributed by atoms with Crippen LogP contribution in [0.3, 0.4) is 0 Å². The summed E-state index contributed by atoms with van der Waals surface area (Å²) in [7, 11) is 0. The highest BCUT2D eigenvalue weighted by Gasteiger charge is 2.37. The van der Waals surface area contributed by atoms with Crippen molar-refractivity contribution in [1.82, 2.24) is 63.8 Å². The molecule has 113 heavy (non-hydrogen) atoms. The molecule has 11 atom stereocenters. The summed E-state index contributed by atoms with van der Waals surface area (Å²) in [6.45, 7) is 8.64. The lowest BCUT2D eigenvalue weighted by molar-refractivity contribution is -0.136. The zero-order valence-electron chi connectivity index (χ0n) is 67.9. The third-order valence-electron chi connectivity index (χ3n) is 19.2. The normalized spacial score (nSPS) is 14.1. The maximum Gasteiger partial charge on any atom is 0.246 e. The molecule has 0 aliphatic carbocycles. The van der Waals surface area contributed by atoms with Crippen molar-refractivity contribution in [3.8, 4) is 0 Å². The van der Waals surface area contributed by atoms with Gasteiger partial charge in [0.1, 0.15) is 66.5 Å². The fraction of sp³-hybridized carbons (Fsp3) is 0.803. The Hall–Kier alpha value is -7.59. The number of carbonyl (C=O) groups is 13. The lowest BCUT2D eigenvalue weighted by Gasteiger charge is -2.29. The molecule has 0 rings (SSSR count). The molecule has 37 nitrogen and oxygen atoms in total. The first-order chi connectivity index (χ1) is 54.3. The van der Waals surface area contributed by atoms with Gasteiger partial charge in [0.05, 0.1) is 0 Å². The van der Waals surface area contributed by atoms with E-state index < -0.39 is 131 Å². The highest BCUT2D eigenvalue weighted by molar-refractivity contribution is 5.99. The summed E-state index contributed by atoms with van der Waals surface area (Å²) in [4.78, 5) is 183. The molecule has 37 heteroatoms. The molecular formula is C76H150N24O13. The Kier molecular flexibility index (Phi) is 63.2. The molecule has 0 radical (unpaired) electrons. The predicted octanol–water partition coefficient (Wildman–Crippen LogP) is -3.52. The number of unbranched alkanes of at least 4 members (excludes halogenated alkanes) is 13. The zero-order valence-corrected chi connectivity index (χ0v) is 67.9. The Balaban J connectivity index is 7.33. The Bertz CT molecular complexity index is 2740. The van der Waals surface area contributed by atoms with E-state index in [1.165, 1.54) is 0 Å². The van der Waals surface area contributed by atoms with Crippen LogP contribution in [0, 0.1) is 0 Å². The van der Waals surface area contributed by atoms with E-state index in [-0.39, 0.29) is 141 Å². The van der Waals surface area contributed by atoms with Crippen LogP contribution in [0.1, 0.15) is 244 Å². The van der Waals surface area contributed by atoms with Gasteiger partial charge in [0.25, 0.3) is 0 Å². The monoisotopic (exact) mass is 1610 g/mol. The van der Waals surface area contributed by atoms with Crippen molar-refractivity contribution in [1.29, 1.82) is 0 Å².